The van der Waals surface area contributed by atoms with E-state index < -0.39 is 14.2 Å². The van der Waals surface area contributed by atoms with Gasteiger partial charge in [-0.15, -0.1) is 0 Å². The molecule has 0 aliphatic rings. The van der Waals surface area contributed by atoms with Crippen molar-refractivity contribution >= 4 is 14.2 Å². The first kappa shape index (κ1) is 21.4. The van der Waals surface area contributed by atoms with E-state index in [1.807, 2.05) is 4.57 Å². The molecule has 6 heteroatoms. The second-order valence-electron chi connectivity index (χ2n) is 8.78. The number of hydrogen-bond donors (Lipinski definition) is 1. The lowest BCUT2D eigenvalue weighted by atomic mass is 10.1. The van der Waals surface area contributed by atoms with E-state index >= 15 is 0 Å². The molecule has 0 fully saturated rings. The molecule has 1 amide bonds. The number of nitrogens with two attached hydrogens (primary N) is 1. The van der Waals surface area contributed by atoms with Gasteiger partial charge in [0, 0.05) is 6.20 Å². The Kier molecular flexibility index (Phi) is 6.65. The van der Waals surface area contributed by atoms with E-state index in [0.29, 0.717) is 0 Å². The Hall–Kier alpha value is -1.92. The maximum Gasteiger partial charge on any atom is 0.268 e. The largest absolute Gasteiger partial charge is 0.397 e. The van der Waals surface area contributed by atoms with Gasteiger partial charge in [0.05, 0.1) is 6.33 Å². The molecule has 0 bridgehead atoms. The quantitative estimate of drug-likeness (QED) is 0.659. The Balaban J connectivity index is 2.13. The topological polar surface area (TPSA) is 70.1 Å². The van der Waals surface area contributed by atoms with Gasteiger partial charge < -0.3 is 14.7 Å². The van der Waals surface area contributed by atoms with Gasteiger partial charge in [-0.25, -0.2) is 4.98 Å². The molecule has 2 aromatic rings. The summed E-state index contributed by atoms with van der Waals surface area (Å²) >= 11 is 0. The number of nitrogens with zero attached hydrogens (tertiary/aromatic N) is 2. The molecule has 2 rings (SSSR count). The molecule has 1 aromatic carbocycles. The van der Waals surface area contributed by atoms with Crippen molar-refractivity contribution in [2.45, 2.75) is 71.3 Å². The second-order valence-corrected chi connectivity index (χ2v) is 13.5. The molecule has 0 radical (unpaired) electrons. The summed E-state index contributed by atoms with van der Waals surface area (Å²) in [6, 6.07) is 8.66. The smallest absolute Gasteiger partial charge is 0.268 e. The Morgan fingerprint density at radius 2 is 1.89 bits per heavy atom. The molecule has 1 heterocycles. The zero-order valence-corrected chi connectivity index (χ0v) is 18.5. The number of hydrogen-bond acceptors (Lipinski definition) is 3. The van der Waals surface area contributed by atoms with Crippen molar-refractivity contribution in [1.29, 1.82) is 0 Å². The molecular formula is C21H33N3O2Si. The predicted molar refractivity (Wildman–Crippen MR) is 112 cm³/mol. The minimum absolute atomic E-state index is 0.106. The van der Waals surface area contributed by atoms with Gasteiger partial charge in [0.25, 0.3) is 5.91 Å². The average molecular weight is 388 g/mol. The van der Waals surface area contributed by atoms with Gasteiger partial charge in [0.15, 0.2) is 8.32 Å². The molecule has 1 unspecified atom stereocenters. The van der Waals surface area contributed by atoms with Crippen LogP contribution in [0.1, 0.15) is 61.5 Å². The van der Waals surface area contributed by atoms with E-state index in [9.17, 15) is 4.79 Å². The maximum absolute atomic E-state index is 11.4. The molecule has 1 aromatic heterocycles. The van der Waals surface area contributed by atoms with Crippen LogP contribution in [0.25, 0.3) is 0 Å². The first-order chi connectivity index (χ1) is 12.5. The van der Waals surface area contributed by atoms with E-state index in [4.69, 9.17) is 10.2 Å². The van der Waals surface area contributed by atoms with Crippen LogP contribution in [0.3, 0.4) is 0 Å². The highest BCUT2D eigenvalue weighted by molar-refractivity contribution is 6.74. The summed E-state index contributed by atoms with van der Waals surface area (Å²) in [5, 5.41) is 0.106. The third-order valence-electron chi connectivity index (χ3n) is 5.46. The average Bonchev–Trinajstić information content (AvgIpc) is 3.05. The third-order valence-corrected chi connectivity index (χ3v) is 9.93. The molecule has 1 atom stereocenters. The monoisotopic (exact) mass is 387 g/mol. The van der Waals surface area contributed by atoms with Gasteiger partial charge in [0.2, 0.25) is 0 Å². The fraction of sp³-hybridized carbons (Fsp3) is 0.524. The van der Waals surface area contributed by atoms with Gasteiger partial charge in [-0.05, 0) is 49.9 Å². The Morgan fingerprint density at radius 3 is 2.41 bits per heavy atom. The molecule has 0 aliphatic heterocycles. The lowest BCUT2D eigenvalue weighted by Crippen LogP contribution is -2.42. The first-order valence-corrected chi connectivity index (χ1v) is 12.5. The van der Waals surface area contributed by atoms with Crippen LogP contribution in [-0.2, 0) is 10.8 Å². The highest BCUT2D eigenvalue weighted by Gasteiger charge is 2.39. The number of carbonyl (C=O) groups excluding carboxylic acids is 1. The van der Waals surface area contributed by atoms with E-state index in [0.717, 1.165) is 19.3 Å². The van der Waals surface area contributed by atoms with Crippen LogP contribution in [0.5, 0.6) is 0 Å². The van der Waals surface area contributed by atoms with Crippen molar-refractivity contribution in [2.75, 3.05) is 0 Å². The van der Waals surface area contributed by atoms with Crippen LogP contribution in [0, 0.1) is 6.92 Å². The molecular weight excluding hydrogens is 354 g/mol. The molecule has 27 heavy (non-hydrogen) atoms. The lowest BCUT2D eigenvalue weighted by Gasteiger charge is -2.39. The second kappa shape index (κ2) is 8.40. The Labute approximate surface area is 164 Å². The Morgan fingerprint density at radius 1 is 1.26 bits per heavy atom. The highest BCUT2D eigenvalue weighted by Crippen LogP contribution is 2.39. The minimum Gasteiger partial charge on any atom is -0.397 e. The molecule has 0 spiro atoms. The molecule has 148 valence electrons. The van der Waals surface area contributed by atoms with Crippen LogP contribution in [-0.4, -0.2) is 23.8 Å². The number of primary amides is 1. The summed E-state index contributed by atoms with van der Waals surface area (Å²) in [4.78, 5) is 15.6. The molecule has 5 nitrogen and oxygen atoms in total. The van der Waals surface area contributed by atoms with Crippen molar-refractivity contribution in [3.63, 3.8) is 0 Å². The van der Waals surface area contributed by atoms with E-state index in [1.54, 1.807) is 12.5 Å². The fourth-order valence-electron chi connectivity index (χ4n) is 2.64. The third kappa shape index (κ3) is 5.78. The van der Waals surface area contributed by atoms with Gasteiger partial charge >= 0.3 is 0 Å². The van der Waals surface area contributed by atoms with Crippen LogP contribution < -0.4 is 5.73 Å². The Bertz CT molecular complexity index is 760. The zero-order chi connectivity index (χ0) is 20.2. The minimum atomic E-state index is -1.97. The van der Waals surface area contributed by atoms with Gasteiger partial charge in [0.1, 0.15) is 11.9 Å². The van der Waals surface area contributed by atoms with Crippen molar-refractivity contribution in [3.05, 3.63) is 53.6 Å². The van der Waals surface area contributed by atoms with Gasteiger partial charge in [-0.2, -0.15) is 0 Å². The molecule has 0 saturated heterocycles. The summed E-state index contributed by atoms with van der Waals surface area (Å²) in [5.41, 5.74) is 8.24. The van der Waals surface area contributed by atoms with Crippen molar-refractivity contribution in [2.24, 2.45) is 5.73 Å². The number of amides is 1. The maximum atomic E-state index is 11.4. The summed E-state index contributed by atoms with van der Waals surface area (Å²) in [6.45, 7) is 13.3. The SMILES string of the molecule is Cc1ccc(CCCC(O[Si](C)(C)C(C)(C)C)n2cnc(C(N)=O)c2)cc1. The van der Waals surface area contributed by atoms with E-state index in [1.165, 1.54) is 11.1 Å². The molecule has 0 aliphatic carbocycles. The van der Waals surface area contributed by atoms with Gasteiger partial charge in [-0.3, -0.25) is 4.79 Å². The van der Waals surface area contributed by atoms with Crippen molar-refractivity contribution in [1.82, 2.24) is 9.55 Å². The van der Waals surface area contributed by atoms with Crippen LogP contribution >= 0.6 is 0 Å². The number of aromatic nitrogens is 2. The zero-order valence-electron chi connectivity index (χ0n) is 17.5. The van der Waals surface area contributed by atoms with Gasteiger partial charge in [-0.1, -0.05) is 50.6 Å². The van der Waals surface area contributed by atoms with E-state index in [-0.39, 0.29) is 17.0 Å². The van der Waals surface area contributed by atoms with Crippen molar-refractivity contribution in [3.8, 4) is 0 Å². The lowest BCUT2D eigenvalue weighted by molar-refractivity contribution is 0.0988. The van der Waals surface area contributed by atoms with Crippen LogP contribution in [0.4, 0.5) is 0 Å². The first-order valence-electron chi connectivity index (χ1n) is 9.56. The molecule has 2 N–H and O–H groups in total. The van der Waals surface area contributed by atoms with Crippen LogP contribution in [0.2, 0.25) is 18.1 Å². The summed E-state index contributed by atoms with van der Waals surface area (Å²) < 4.78 is 8.55. The van der Waals surface area contributed by atoms with E-state index in [2.05, 4.69) is 70.0 Å². The normalized spacial score (nSPS) is 13.6. The number of aryl methyl sites for hydroxylation is 2. The summed E-state index contributed by atoms with van der Waals surface area (Å²) in [5.74, 6) is -0.514. The molecule has 0 saturated carbocycles. The number of benzene rings is 1. The summed E-state index contributed by atoms with van der Waals surface area (Å²) in [6.07, 6.45) is 6.06. The summed E-state index contributed by atoms with van der Waals surface area (Å²) in [7, 11) is -1.97. The highest BCUT2D eigenvalue weighted by atomic mass is 28.4. The fourth-order valence-corrected chi connectivity index (χ4v) is 3.92. The predicted octanol–water partition coefficient (Wildman–Crippen LogP) is 4.83. The standard InChI is InChI=1S/C21H33N3O2Si/c1-16-10-12-17(13-11-16)8-7-9-19(26-27(5,6)21(2,3)4)24-14-18(20(22)25)23-15-24/h10-15,19H,7-9H2,1-6H3,(H2,22,25). The number of imidazole rings is 1. The van der Waals surface area contributed by atoms with Crippen LogP contribution in [0.15, 0.2) is 36.8 Å². The van der Waals surface area contributed by atoms with Crippen molar-refractivity contribution < 1.29 is 9.22 Å². The number of rotatable bonds is 8. The number of carbonyl (C=O) groups is 1.